The van der Waals surface area contributed by atoms with E-state index in [9.17, 15) is 9.90 Å². The van der Waals surface area contributed by atoms with Crippen LogP contribution in [-0.2, 0) is 16.0 Å². The van der Waals surface area contributed by atoms with Crippen LogP contribution in [0.25, 0.3) is 0 Å². The largest absolute Gasteiger partial charge is 0.504 e. The Bertz CT molecular complexity index is 1240. The second-order valence-electron chi connectivity index (χ2n) is 14.0. The zero-order chi connectivity index (χ0) is 31.2. The third-order valence-corrected chi connectivity index (χ3v) is 10.8. The summed E-state index contributed by atoms with van der Waals surface area (Å²) in [5.74, 6) is 2.70. The number of aliphatic imine (C=N–C) groups is 1. The van der Waals surface area contributed by atoms with Gasteiger partial charge in [-0.25, -0.2) is 0 Å². The number of ketones is 1. The Labute approximate surface area is 264 Å². The summed E-state index contributed by atoms with van der Waals surface area (Å²) < 4.78 is 12.5. The Kier molecular flexibility index (Phi) is 11.1. The van der Waals surface area contributed by atoms with E-state index < -0.39 is 0 Å². The van der Waals surface area contributed by atoms with Gasteiger partial charge in [-0.1, -0.05) is 43.6 Å². The van der Waals surface area contributed by atoms with Gasteiger partial charge < -0.3 is 26.0 Å². The molecule has 7 nitrogen and oxygen atoms in total. The maximum absolute atomic E-state index is 12.7. The number of hydrogen-bond acceptors (Lipinski definition) is 5. The van der Waals surface area contributed by atoms with Crippen molar-refractivity contribution in [1.29, 1.82) is 0 Å². The predicted octanol–water partition coefficient (Wildman–Crippen LogP) is 7.11. The number of aryl methyl sites for hydroxylation is 1. The lowest BCUT2D eigenvalue weighted by molar-refractivity contribution is -0.114. The summed E-state index contributed by atoms with van der Waals surface area (Å²) in [7, 11) is 1.79. The highest BCUT2D eigenvalue weighted by atomic mass is 16.5. The van der Waals surface area contributed by atoms with Crippen molar-refractivity contribution in [2.24, 2.45) is 40.1 Å². The molecular formula is C37H55N3O4. The number of nitrogens with zero attached hydrogens (tertiary/aromatic N) is 1. The van der Waals surface area contributed by atoms with Crippen molar-refractivity contribution < 1.29 is 19.4 Å². The maximum Gasteiger partial charge on any atom is 0.186 e. The summed E-state index contributed by atoms with van der Waals surface area (Å²) in [6, 6.07) is 4.28. The molecule has 0 bridgehead atoms. The van der Waals surface area contributed by atoms with Crippen LogP contribution >= 0.6 is 0 Å². The normalized spacial score (nSPS) is 29.0. The van der Waals surface area contributed by atoms with E-state index in [4.69, 9.17) is 20.9 Å². The van der Waals surface area contributed by atoms with E-state index >= 15 is 0 Å². The molecule has 0 aliphatic heterocycles. The van der Waals surface area contributed by atoms with Crippen molar-refractivity contribution in [3.8, 4) is 11.5 Å². The van der Waals surface area contributed by atoms with Gasteiger partial charge in [0.15, 0.2) is 23.2 Å². The second-order valence-corrected chi connectivity index (χ2v) is 14.0. The van der Waals surface area contributed by atoms with Crippen molar-refractivity contribution in [2.45, 2.75) is 122 Å². The quantitative estimate of drug-likeness (QED) is 0.101. The summed E-state index contributed by atoms with van der Waals surface area (Å²) in [6.45, 7) is 5.09. The summed E-state index contributed by atoms with van der Waals surface area (Å²) in [5.41, 5.74) is 16.9. The molecule has 0 radical (unpaired) electrons. The molecule has 1 aromatic rings. The van der Waals surface area contributed by atoms with E-state index in [1.807, 2.05) is 12.1 Å². The molecule has 1 aromatic carbocycles. The number of unbranched alkanes of at least 4 members (excludes halogenated alkanes) is 1. The average molecular weight is 606 g/mol. The van der Waals surface area contributed by atoms with Crippen molar-refractivity contribution in [1.82, 2.24) is 0 Å². The number of fused-ring (bicyclic) bond motifs is 2. The van der Waals surface area contributed by atoms with Gasteiger partial charge in [-0.2, -0.15) is 0 Å². The van der Waals surface area contributed by atoms with Crippen LogP contribution in [0.1, 0.15) is 114 Å². The molecule has 0 heterocycles. The van der Waals surface area contributed by atoms with Crippen molar-refractivity contribution in [3.05, 3.63) is 46.6 Å². The summed E-state index contributed by atoms with van der Waals surface area (Å²) in [4.78, 5) is 17.3. The molecule has 3 saturated carbocycles. The SMILES string of the molecule is CCC/C=C/C(=O)CCc1cc(OC2CCCC2)c(O)c([C@H]2[C@@H](COC)[C@H]3C[C@@H](N=C(N)N)CCC3=C3CC[C@H](C)C[C@H]32)c1. The number of guanidine groups is 1. The molecule has 4 aliphatic rings. The van der Waals surface area contributed by atoms with Gasteiger partial charge in [-0.3, -0.25) is 9.79 Å². The van der Waals surface area contributed by atoms with Gasteiger partial charge in [-0.05, 0) is 124 Å². The van der Waals surface area contributed by atoms with Crippen molar-refractivity contribution in [2.75, 3.05) is 13.7 Å². The summed E-state index contributed by atoms with van der Waals surface area (Å²) in [5, 5.41) is 12.0. The molecule has 0 unspecified atom stereocenters. The minimum Gasteiger partial charge on any atom is -0.504 e. The molecule has 0 spiro atoms. The van der Waals surface area contributed by atoms with Crippen LogP contribution in [0.4, 0.5) is 0 Å². The molecule has 4 aliphatic carbocycles. The lowest BCUT2D eigenvalue weighted by Crippen LogP contribution is -2.43. The number of phenolic OH excluding ortho intramolecular Hbond substituents is 1. The van der Waals surface area contributed by atoms with Gasteiger partial charge in [0, 0.05) is 19.1 Å². The predicted molar refractivity (Wildman–Crippen MR) is 177 cm³/mol. The molecule has 0 aromatic heterocycles. The first-order valence-corrected chi connectivity index (χ1v) is 17.3. The smallest absolute Gasteiger partial charge is 0.186 e. The zero-order valence-electron chi connectivity index (χ0n) is 27.2. The second kappa shape index (κ2) is 15.0. The molecular weight excluding hydrogens is 550 g/mol. The van der Waals surface area contributed by atoms with E-state index in [1.165, 1.54) is 6.42 Å². The van der Waals surface area contributed by atoms with Crippen LogP contribution in [0, 0.1) is 23.7 Å². The molecule has 7 heteroatoms. The Balaban J connectivity index is 1.57. The highest BCUT2D eigenvalue weighted by Gasteiger charge is 2.48. The van der Waals surface area contributed by atoms with Crippen LogP contribution in [0.15, 0.2) is 40.4 Å². The summed E-state index contributed by atoms with van der Waals surface area (Å²) in [6.07, 6.45) is 17.5. The Morgan fingerprint density at radius 1 is 1.07 bits per heavy atom. The Hall–Kier alpha value is -2.80. The molecule has 44 heavy (non-hydrogen) atoms. The van der Waals surface area contributed by atoms with Crippen LogP contribution in [0.5, 0.6) is 11.5 Å². The number of hydrogen-bond donors (Lipinski definition) is 3. The first kappa shape index (κ1) is 32.6. The van der Waals surface area contributed by atoms with Gasteiger partial charge in [-0.15, -0.1) is 0 Å². The number of ether oxygens (including phenoxy) is 2. The number of carbonyl (C=O) groups is 1. The lowest BCUT2D eigenvalue weighted by atomic mass is 9.54. The van der Waals surface area contributed by atoms with Gasteiger partial charge in [0.05, 0.1) is 18.8 Å². The topological polar surface area (TPSA) is 120 Å². The highest BCUT2D eigenvalue weighted by molar-refractivity contribution is 5.89. The fourth-order valence-corrected chi connectivity index (χ4v) is 8.77. The van der Waals surface area contributed by atoms with Crippen LogP contribution in [-0.4, -0.2) is 42.7 Å². The zero-order valence-corrected chi connectivity index (χ0v) is 27.2. The number of nitrogens with two attached hydrogens (primary N) is 2. The standard InChI is InChI=1S/C37H55N3O4/c1-4-5-6-9-26(41)15-13-24-19-32(36(42)34(20-24)44-27-10-7-8-11-27)35-31-18-23(2)12-16-29(31)28-17-14-25(40-37(38)39)21-30(28)33(35)22-43-3/h6,9,19-20,23,25,27,30-31,33,35,42H,4-5,7-8,10-18,21-22H2,1-3H3,(H4,38,39,40)/b9-6+/t23-,25-,30-,31+,33-,35-/m0/s1. The van der Waals surface area contributed by atoms with Crippen molar-refractivity contribution in [3.63, 3.8) is 0 Å². The molecule has 6 atom stereocenters. The number of rotatable bonds is 12. The number of benzene rings is 1. The first-order valence-electron chi connectivity index (χ1n) is 17.3. The fourth-order valence-electron chi connectivity index (χ4n) is 8.77. The fraction of sp³-hybridized carbons (Fsp3) is 0.676. The molecule has 3 fully saturated rings. The molecule has 0 saturated heterocycles. The Morgan fingerprint density at radius 2 is 1.82 bits per heavy atom. The third-order valence-electron chi connectivity index (χ3n) is 10.8. The number of phenols is 1. The number of aromatic hydroxyl groups is 1. The molecule has 5 rings (SSSR count). The van der Waals surface area contributed by atoms with E-state index in [1.54, 1.807) is 24.3 Å². The van der Waals surface area contributed by atoms with Gasteiger partial charge in [0.2, 0.25) is 0 Å². The van der Waals surface area contributed by atoms with Gasteiger partial charge >= 0.3 is 0 Å². The van der Waals surface area contributed by atoms with E-state index in [2.05, 4.69) is 24.9 Å². The monoisotopic (exact) mass is 605 g/mol. The number of carbonyl (C=O) groups excluding carboxylic acids is 1. The number of methoxy groups -OCH3 is 1. The minimum atomic E-state index is 0.0884. The van der Waals surface area contributed by atoms with E-state index in [0.29, 0.717) is 43.0 Å². The average Bonchev–Trinajstić information content (AvgIpc) is 3.51. The van der Waals surface area contributed by atoms with Crippen LogP contribution < -0.4 is 16.2 Å². The van der Waals surface area contributed by atoms with Crippen LogP contribution in [0.2, 0.25) is 0 Å². The van der Waals surface area contributed by atoms with Crippen molar-refractivity contribution >= 4 is 11.7 Å². The Morgan fingerprint density at radius 3 is 2.55 bits per heavy atom. The highest BCUT2D eigenvalue weighted by Crippen LogP contribution is 2.59. The number of allylic oxidation sites excluding steroid dienone is 4. The first-order chi connectivity index (χ1) is 21.3. The van der Waals surface area contributed by atoms with E-state index in [-0.39, 0.29) is 41.5 Å². The van der Waals surface area contributed by atoms with Crippen LogP contribution in [0.3, 0.4) is 0 Å². The molecule has 0 amide bonds. The maximum atomic E-state index is 12.7. The molecule has 5 N–H and O–H groups in total. The minimum absolute atomic E-state index is 0.0884. The lowest BCUT2D eigenvalue weighted by Gasteiger charge is -2.51. The summed E-state index contributed by atoms with van der Waals surface area (Å²) >= 11 is 0. The van der Waals surface area contributed by atoms with Gasteiger partial charge in [0.1, 0.15) is 0 Å². The van der Waals surface area contributed by atoms with E-state index in [0.717, 1.165) is 81.8 Å². The molecule has 242 valence electrons. The third kappa shape index (κ3) is 7.52. The van der Waals surface area contributed by atoms with Gasteiger partial charge in [0.25, 0.3) is 0 Å².